The van der Waals surface area contributed by atoms with E-state index in [0.717, 1.165) is 42.6 Å². The molecule has 2 fully saturated rings. The maximum atomic E-state index is 13.6. The SMILES string of the molecule is CC(=O)N1CCN(c2c(Cl)cccc2NC(=O)C2(c3ccccc3)CCCC2)CC1. The first-order valence-electron chi connectivity index (χ1n) is 10.7. The van der Waals surface area contributed by atoms with E-state index >= 15 is 0 Å². The summed E-state index contributed by atoms with van der Waals surface area (Å²) in [5, 5.41) is 3.83. The van der Waals surface area contributed by atoms with Crippen LogP contribution in [0.2, 0.25) is 5.02 Å². The van der Waals surface area contributed by atoms with Crippen LogP contribution in [0.1, 0.15) is 38.2 Å². The fraction of sp³-hybridized carbons (Fsp3) is 0.417. The summed E-state index contributed by atoms with van der Waals surface area (Å²) in [4.78, 5) is 29.3. The van der Waals surface area contributed by atoms with Gasteiger partial charge in [0.25, 0.3) is 0 Å². The topological polar surface area (TPSA) is 52.7 Å². The number of rotatable bonds is 4. The Bertz CT molecular complexity index is 917. The predicted octanol–water partition coefficient (Wildman–Crippen LogP) is 4.46. The number of carbonyl (C=O) groups is 2. The van der Waals surface area contributed by atoms with E-state index in [0.29, 0.717) is 31.2 Å². The van der Waals surface area contributed by atoms with Gasteiger partial charge in [0.05, 0.1) is 21.8 Å². The van der Waals surface area contributed by atoms with Crippen molar-refractivity contribution in [1.82, 2.24) is 4.90 Å². The third-order valence-corrected chi connectivity index (χ3v) is 6.80. The Kier molecular flexibility index (Phi) is 6.00. The highest BCUT2D eigenvalue weighted by Crippen LogP contribution is 2.43. The molecule has 2 amide bonds. The van der Waals surface area contributed by atoms with Gasteiger partial charge in [-0.05, 0) is 30.5 Å². The van der Waals surface area contributed by atoms with Gasteiger partial charge in [-0.25, -0.2) is 0 Å². The monoisotopic (exact) mass is 425 g/mol. The molecule has 0 spiro atoms. The zero-order valence-electron chi connectivity index (χ0n) is 17.4. The van der Waals surface area contributed by atoms with Crippen LogP contribution in [0.15, 0.2) is 48.5 Å². The molecule has 0 radical (unpaired) electrons. The maximum Gasteiger partial charge on any atom is 0.235 e. The molecule has 2 aromatic rings. The molecule has 6 heteroatoms. The van der Waals surface area contributed by atoms with Crippen molar-refractivity contribution in [3.63, 3.8) is 0 Å². The van der Waals surface area contributed by atoms with Crippen molar-refractivity contribution in [2.45, 2.75) is 38.0 Å². The first kappa shape index (κ1) is 20.7. The van der Waals surface area contributed by atoms with Crippen LogP contribution in [0.4, 0.5) is 11.4 Å². The molecular weight excluding hydrogens is 398 g/mol. The molecule has 2 aromatic carbocycles. The Hall–Kier alpha value is -2.53. The van der Waals surface area contributed by atoms with Crippen LogP contribution >= 0.6 is 11.6 Å². The number of halogens is 1. The van der Waals surface area contributed by atoms with Crippen molar-refractivity contribution >= 4 is 34.8 Å². The maximum absolute atomic E-state index is 13.6. The third-order valence-electron chi connectivity index (χ3n) is 6.49. The van der Waals surface area contributed by atoms with Crippen molar-refractivity contribution in [3.8, 4) is 0 Å². The lowest BCUT2D eigenvalue weighted by Gasteiger charge is -2.37. The fourth-order valence-corrected chi connectivity index (χ4v) is 5.10. The van der Waals surface area contributed by atoms with Crippen molar-refractivity contribution in [3.05, 3.63) is 59.1 Å². The second-order valence-corrected chi connectivity index (χ2v) is 8.65. The number of nitrogens with one attached hydrogen (secondary N) is 1. The lowest BCUT2D eigenvalue weighted by Crippen LogP contribution is -2.48. The van der Waals surface area contributed by atoms with Gasteiger partial charge < -0.3 is 15.1 Å². The van der Waals surface area contributed by atoms with Crippen LogP contribution in [0, 0.1) is 0 Å². The molecule has 30 heavy (non-hydrogen) atoms. The van der Waals surface area contributed by atoms with Crippen molar-refractivity contribution < 1.29 is 9.59 Å². The number of para-hydroxylation sites is 1. The molecule has 1 aliphatic heterocycles. The Morgan fingerprint density at radius 1 is 0.933 bits per heavy atom. The van der Waals surface area contributed by atoms with Crippen LogP contribution in [-0.2, 0) is 15.0 Å². The molecule has 1 saturated heterocycles. The smallest absolute Gasteiger partial charge is 0.235 e. The standard InChI is InChI=1S/C24H28ClN3O2/c1-18(29)27-14-16-28(17-15-27)22-20(25)10-7-11-21(22)26-23(30)24(12-5-6-13-24)19-8-3-2-4-9-19/h2-4,7-11H,5-6,12-17H2,1H3,(H,26,30). The number of amides is 2. The second-order valence-electron chi connectivity index (χ2n) is 8.24. The molecule has 5 nitrogen and oxygen atoms in total. The number of hydrogen-bond donors (Lipinski definition) is 1. The van der Waals surface area contributed by atoms with E-state index in [-0.39, 0.29) is 11.8 Å². The normalized spacial score (nSPS) is 18.3. The lowest BCUT2D eigenvalue weighted by molar-refractivity contribution is -0.129. The molecule has 2 aliphatic rings. The summed E-state index contributed by atoms with van der Waals surface area (Å²) in [5.41, 5.74) is 2.18. The van der Waals surface area contributed by atoms with Gasteiger partial charge in [0.1, 0.15) is 0 Å². The van der Waals surface area contributed by atoms with E-state index < -0.39 is 5.41 Å². The molecule has 4 rings (SSSR count). The lowest BCUT2D eigenvalue weighted by atomic mass is 9.78. The molecule has 1 N–H and O–H groups in total. The average molecular weight is 426 g/mol. The predicted molar refractivity (Wildman–Crippen MR) is 121 cm³/mol. The van der Waals surface area contributed by atoms with Gasteiger partial charge in [-0.15, -0.1) is 0 Å². The van der Waals surface area contributed by atoms with Crippen LogP contribution in [0.25, 0.3) is 0 Å². The molecule has 0 atom stereocenters. The van der Waals surface area contributed by atoms with Gasteiger partial charge in [-0.3, -0.25) is 9.59 Å². The average Bonchev–Trinajstić information content (AvgIpc) is 3.26. The Morgan fingerprint density at radius 2 is 1.60 bits per heavy atom. The number of carbonyl (C=O) groups excluding carboxylic acids is 2. The minimum atomic E-state index is -0.492. The van der Waals surface area contributed by atoms with Gasteiger partial charge in [0, 0.05) is 33.1 Å². The molecule has 0 bridgehead atoms. The summed E-state index contributed by atoms with van der Waals surface area (Å²) in [6.45, 7) is 4.29. The van der Waals surface area contributed by atoms with Gasteiger partial charge in [0.15, 0.2) is 0 Å². The van der Waals surface area contributed by atoms with E-state index in [1.807, 2.05) is 41.3 Å². The molecule has 158 valence electrons. The quantitative estimate of drug-likeness (QED) is 0.786. The van der Waals surface area contributed by atoms with E-state index in [1.165, 1.54) is 0 Å². The summed E-state index contributed by atoms with van der Waals surface area (Å²) in [7, 11) is 0. The highest BCUT2D eigenvalue weighted by atomic mass is 35.5. The zero-order valence-corrected chi connectivity index (χ0v) is 18.1. The highest BCUT2D eigenvalue weighted by molar-refractivity contribution is 6.34. The van der Waals surface area contributed by atoms with Crippen molar-refractivity contribution in [2.75, 3.05) is 36.4 Å². The minimum Gasteiger partial charge on any atom is -0.365 e. The zero-order chi connectivity index (χ0) is 21.1. The molecule has 1 saturated carbocycles. The number of piperazine rings is 1. The van der Waals surface area contributed by atoms with E-state index in [9.17, 15) is 9.59 Å². The molecular formula is C24H28ClN3O2. The van der Waals surface area contributed by atoms with Gasteiger partial charge in [-0.2, -0.15) is 0 Å². The molecule has 1 aliphatic carbocycles. The van der Waals surface area contributed by atoms with Crippen LogP contribution in [0.3, 0.4) is 0 Å². The first-order valence-corrected chi connectivity index (χ1v) is 11.0. The Balaban J connectivity index is 1.60. The van der Waals surface area contributed by atoms with Crippen molar-refractivity contribution in [2.24, 2.45) is 0 Å². The van der Waals surface area contributed by atoms with Crippen LogP contribution < -0.4 is 10.2 Å². The highest BCUT2D eigenvalue weighted by Gasteiger charge is 2.43. The third kappa shape index (κ3) is 3.91. The summed E-state index contributed by atoms with van der Waals surface area (Å²) in [5.74, 6) is 0.130. The van der Waals surface area contributed by atoms with Gasteiger partial charge in [-0.1, -0.05) is 60.8 Å². The number of hydrogen-bond acceptors (Lipinski definition) is 3. The Morgan fingerprint density at radius 3 is 2.23 bits per heavy atom. The Labute approximate surface area is 183 Å². The fourth-order valence-electron chi connectivity index (χ4n) is 4.81. The number of anilines is 2. The number of nitrogens with zero attached hydrogens (tertiary/aromatic N) is 2. The minimum absolute atomic E-state index is 0.0390. The molecule has 0 aromatic heterocycles. The number of benzene rings is 2. The molecule has 1 heterocycles. The summed E-state index contributed by atoms with van der Waals surface area (Å²) < 4.78 is 0. The van der Waals surface area contributed by atoms with E-state index in [4.69, 9.17) is 11.6 Å². The van der Waals surface area contributed by atoms with Crippen LogP contribution in [0.5, 0.6) is 0 Å². The van der Waals surface area contributed by atoms with Gasteiger partial charge in [0.2, 0.25) is 11.8 Å². The summed E-state index contributed by atoms with van der Waals surface area (Å²) >= 11 is 6.58. The van der Waals surface area contributed by atoms with Gasteiger partial charge >= 0.3 is 0 Å². The van der Waals surface area contributed by atoms with Crippen molar-refractivity contribution in [1.29, 1.82) is 0 Å². The second kappa shape index (κ2) is 8.68. The largest absolute Gasteiger partial charge is 0.365 e. The molecule has 0 unspecified atom stereocenters. The first-order chi connectivity index (χ1) is 14.5. The summed E-state index contributed by atoms with van der Waals surface area (Å²) in [6.07, 6.45) is 3.82. The summed E-state index contributed by atoms with van der Waals surface area (Å²) in [6, 6.07) is 15.8. The van der Waals surface area contributed by atoms with E-state index in [1.54, 1.807) is 6.92 Å². The van der Waals surface area contributed by atoms with E-state index in [2.05, 4.69) is 22.3 Å². The van der Waals surface area contributed by atoms with Crippen LogP contribution in [-0.4, -0.2) is 42.9 Å².